The van der Waals surface area contributed by atoms with Crippen LogP contribution >= 0.6 is 0 Å². The van der Waals surface area contributed by atoms with Crippen molar-refractivity contribution in [2.45, 2.75) is 32.2 Å². The van der Waals surface area contributed by atoms with E-state index in [1.807, 2.05) is 12.1 Å². The fourth-order valence-corrected chi connectivity index (χ4v) is 3.54. The molecule has 0 saturated carbocycles. The Morgan fingerprint density at radius 1 is 1.32 bits per heavy atom. The SMILES string of the molecule is CCc1cc(N2CCC[C@H](NC(=O)c3n[nH]c4ccccc4c3=O)C2)ncn1. The first-order chi connectivity index (χ1) is 13.7. The maximum atomic E-state index is 12.7. The largest absolute Gasteiger partial charge is 0.354 e. The summed E-state index contributed by atoms with van der Waals surface area (Å²) in [5.74, 6) is 0.420. The Bertz CT molecular complexity index is 1060. The van der Waals surface area contributed by atoms with Crippen LogP contribution in [0.3, 0.4) is 0 Å². The van der Waals surface area contributed by atoms with E-state index in [9.17, 15) is 9.59 Å². The van der Waals surface area contributed by atoms with Gasteiger partial charge in [-0.05, 0) is 31.4 Å². The molecule has 1 aliphatic rings. The fraction of sp³-hybridized carbons (Fsp3) is 0.350. The zero-order chi connectivity index (χ0) is 19.5. The van der Waals surface area contributed by atoms with Gasteiger partial charge in [-0.25, -0.2) is 9.97 Å². The second-order valence-electron chi connectivity index (χ2n) is 6.93. The Kier molecular flexibility index (Phi) is 5.01. The van der Waals surface area contributed by atoms with E-state index in [0.29, 0.717) is 17.4 Å². The predicted molar refractivity (Wildman–Crippen MR) is 106 cm³/mol. The van der Waals surface area contributed by atoms with Gasteiger partial charge < -0.3 is 10.2 Å². The van der Waals surface area contributed by atoms with Crippen LogP contribution in [0.15, 0.2) is 41.5 Å². The summed E-state index contributed by atoms with van der Waals surface area (Å²) in [5.41, 5.74) is 1.14. The summed E-state index contributed by atoms with van der Waals surface area (Å²) in [6, 6.07) is 8.94. The highest BCUT2D eigenvalue weighted by molar-refractivity contribution is 5.95. The van der Waals surface area contributed by atoms with E-state index in [2.05, 4.69) is 37.3 Å². The quantitative estimate of drug-likeness (QED) is 0.716. The number of fused-ring (bicyclic) bond motifs is 1. The highest BCUT2D eigenvalue weighted by atomic mass is 16.2. The molecule has 1 aliphatic heterocycles. The third kappa shape index (κ3) is 3.58. The number of H-pyrrole nitrogens is 1. The Hall–Kier alpha value is -3.29. The zero-order valence-electron chi connectivity index (χ0n) is 15.7. The summed E-state index contributed by atoms with van der Waals surface area (Å²) in [6.45, 7) is 3.57. The standard InChI is InChI=1S/C20H22N6O2/c1-2-13-10-17(22-12-21-13)26-9-5-6-14(11-26)23-20(28)18-19(27)15-7-3-4-8-16(15)24-25-18/h3-4,7-8,10,12,14H,2,5-6,9,11H2,1H3,(H,23,28)(H,24,27)/t14-/m0/s1. The molecular formula is C20H22N6O2. The molecule has 0 radical (unpaired) electrons. The summed E-state index contributed by atoms with van der Waals surface area (Å²) in [5, 5.41) is 10.2. The van der Waals surface area contributed by atoms with Crippen molar-refractivity contribution in [3.63, 3.8) is 0 Å². The molecule has 2 N–H and O–H groups in total. The first-order valence-electron chi connectivity index (χ1n) is 9.50. The first kappa shape index (κ1) is 18.1. The minimum Gasteiger partial charge on any atom is -0.354 e. The van der Waals surface area contributed by atoms with E-state index < -0.39 is 5.91 Å². The number of piperidine rings is 1. The van der Waals surface area contributed by atoms with Gasteiger partial charge in [0.05, 0.1) is 5.52 Å². The summed E-state index contributed by atoms with van der Waals surface area (Å²) in [6.07, 6.45) is 4.20. The Balaban J connectivity index is 1.50. The molecule has 1 saturated heterocycles. The van der Waals surface area contributed by atoms with E-state index in [1.54, 1.807) is 24.5 Å². The average Bonchev–Trinajstić information content (AvgIpc) is 2.74. The van der Waals surface area contributed by atoms with Crippen LogP contribution in [0.1, 0.15) is 35.9 Å². The van der Waals surface area contributed by atoms with Crippen LogP contribution in [0, 0.1) is 0 Å². The van der Waals surface area contributed by atoms with Crippen LogP contribution in [-0.2, 0) is 6.42 Å². The number of amides is 1. The molecule has 8 heteroatoms. The van der Waals surface area contributed by atoms with Crippen molar-refractivity contribution < 1.29 is 4.79 Å². The van der Waals surface area contributed by atoms with E-state index in [0.717, 1.165) is 37.3 Å². The van der Waals surface area contributed by atoms with Gasteiger partial charge >= 0.3 is 0 Å². The van der Waals surface area contributed by atoms with Crippen molar-refractivity contribution in [2.75, 3.05) is 18.0 Å². The third-order valence-corrected chi connectivity index (χ3v) is 5.04. The number of benzene rings is 1. The number of nitrogens with zero attached hydrogens (tertiary/aromatic N) is 4. The van der Waals surface area contributed by atoms with Gasteiger partial charge in [-0.3, -0.25) is 14.7 Å². The van der Waals surface area contributed by atoms with Crippen molar-refractivity contribution in [1.29, 1.82) is 0 Å². The second-order valence-corrected chi connectivity index (χ2v) is 6.93. The summed E-state index contributed by atoms with van der Waals surface area (Å²) < 4.78 is 0. The van der Waals surface area contributed by atoms with Gasteiger partial charge in [-0.1, -0.05) is 19.1 Å². The molecule has 0 bridgehead atoms. The summed E-state index contributed by atoms with van der Waals surface area (Å²) in [7, 11) is 0. The number of aromatic amines is 1. The van der Waals surface area contributed by atoms with Crippen LogP contribution in [0.5, 0.6) is 0 Å². The van der Waals surface area contributed by atoms with Crippen LogP contribution in [0.2, 0.25) is 0 Å². The molecule has 3 aromatic rings. The van der Waals surface area contributed by atoms with Crippen LogP contribution in [0.25, 0.3) is 10.9 Å². The van der Waals surface area contributed by atoms with Gasteiger partial charge in [0.25, 0.3) is 5.91 Å². The number of anilines is 1. The number of nitrogens with one attached hydrogen (secondary N) is 2. The average molecular weight is 378 g/mol. The molecule has 8 nitrogen and oxygen atoms in total. The van der Waals surface area contributed by atoms with Crippen molar-refractivity contribution in [2.24, 2.45) is 0 Å². The zero-order valence-corrected chi connectivity index (χ0v) is 15.7. The van der Waals surface area contributed by atoms with Gasteiger partial charge in [0, 0.05) is 36.3 Å². The molecule has 0 aliphatic carbocycles. The third-order valence-electron chi connectivity index (χ3n) is 5.04. The number of hydrogen-bond acceptors (Lipinski definition) is 6. The number of rotatable bonds is 4. The summed E-state index contributed by atoms with van der Waals surface area (Å²) >= 11 is 0. The number of carbonyl (C=O) groups is 1. The molecule has 1 fully saturated rings. The van der Waals surface area contributed by atoms with E-state index in [1.165, 1.54) is 0 Å². The first-order valence-corrected chi connectivity index (χ1v) is 9.50. The van der Waals surface area contributed by atoms with Gasteiger partial charge in [0.15, 0.2) is 5.69 Å². The molecular weight excluding hydrogens is 356 g/mol. The van der Waals surface area contributed by atoms with Crippen molar-refractivity contribution in [1.82, 2.24) is 25.5 Å². The Morgan fingerprint density at radius 2 is 2.18 bits per heavy atom. The molecule has 1 aromatic carbocycles. The highest BCUT2D eigenvalue weighted by Crippen LogP contribution is 2.18. The maximum Gasteiger partial charge on any atom is 0.276 e. The number of hydrogen-bond donors (Lipinski definition) is 2. The lowest BCUT2D eigenvalue weighted by Gasteiger charge is -2.33. The van der Waals surface area contributed by atoms with E-state index in [4.69, 9.17) is 0 Å². The molecule has 2 aromatic heterocycles. The van der Waals surface area contributed by atoms with Crippen molar-refractivity contribution in [3.8, 4) is 0 Å². The minimum atomic E-state index is -0.448. The van der Waals surface area contributed by atoms with Gasteiger partial charge in [0.1, 0.15) is 12.1 Å². The molecule has 28 heavy (non-hydrogen) atoms. The lowest BCUT2D eigenvalue weighted by atomic mass is 10.1. The lowest BCUT2D eigenvalue weighted by molar-refractivity contribution is 0.0926. The van der Waals surface area contributed by atoms with E-state index >= 15 is 0 Å². The number of carbonyl (C=O) groups excluding carboxylic acids is 1. The number of aryl methyl sites for hydroxylation is 1. The van der Waals surface area contributed by atoms with E-state index in [-0.39, 0.29) is 17.2 Å². The monoisotopic (exact) mass is 378 g/mol. The molecule has 1 atom stereocenters. The minimum absolute atomic E-state index is 0.0750. The lowest BCUT2D eigenvalue weighted by Crippen LogP contribution is -2.49. The van der Waals surface area contributed by atoms with Crippen LogP contribution < -0.4 is 15.6 Å². The van der Waals surface area contributed by atoms with Gasteiger partial charge in [0.2, 0.25) is 5.43 Å². The van der Waals surface area contributed by atoms with Gasteiger partial charge in [-0.15, -0.1) is 0 Å². The Labute approximate surface area is 162 Å². The van der Waals surface area contributed by atoms with Gasteiger partial charge in [-0.2, -0.15) is 5.10 Å². The highest BCUT2D eigenvalue weighted by Gasteiger charge is 2.24. The van der Waals surface area contributed by atoms with Crippen LogP contribution in [0.4, 0.5) is 5.82 Å². The smallest absolute Gasteiger partial charge is 0.276 e. The molecule has 4 rings (SSSR count). The molecule has 1 amide bonds. The molecule has 144 valence electrons. The maximum absolute atomic E-state index is 12.7. The fourth-order valence-electron chi connectivity index (χ4n) is 3.54. The Morgan fingerprint density at radius 3 is 3.04 bits per heavy atom. The van der Waals surface area contributed by atoms with Crippen LogP contribution in [-0.4, -0.2) is 45.2 Å². The predicted octanol–water partition coefficient (Wildman–Crippen LogP) is 1.67. The molecule has 0 spiro atoms. The normalized spacial score (nSPS) is 16.9. The second kappa shape index (κ2) is 7.75. The number of para-hydroxylation sites is 1. The van der Waals surface area contributed by atoms with Crippen molar-refractivity contribution >= 4 is 22.6 Å². The topological polar surface area (TPSA) is 104 Å². The summed E-state index contributed by atoms with van der Waals surface area (Å²) in [4.78, 5) is 36.0. The molecule has 3 heterocycles. The number of aromatic nitrogens is 4. The van der Waals surface area contributed by atoms with Crippen molar-refractivity contribution in [3.05, 3.63) is 58.3 Å². The molecule has 0 unspecified atom stereocenters.